The molecule has 118 valence electrons. The van der Waals surface area contributed by atoms with Crippen molar-refractivity contribution in [3.05, 3.63) is 16.7 Å². The van der Waals surface area contributed by atoms with Crippen LogP contribution in [-0.4, -0.2) is 21.7 Å². The Bertz CT molecular complexity index is 777. The number of hydrogen-bond acceptors (Lipinski definition) is 3. The van der Waals surface area contributed by atoms with Crippen LogP contribution in [0.25, 0.3) is 11.0 Å². The van der Waals surface area contributed by atoms with Crippen LogP contribution in [0, 0.1) is 19.8 Å². The number of ether oxygens (including phenoxy) is 1. The highest BCUT2D eigenvalue weighted by Crippen LogP contribution is 2.48. The molecule has 1 N–H and O–H groups in total. The highest BCUT2D eigenvalue weighted by molar-refractivity contribution is 5.90. The Hall–Kier alpha value is -1.71. The molecule has 0 saturated heterocycles. The first kappa shape index (κ1) is 13.9. The Morgan fingerprint density at radius 3 is 2.59 bits per heavy atom. The summed E-state index contributed by atoms with van der Waals surface area (Å²) in [6, 6.07) is 0.445. The number of benzene rings is 1. The van der Waals surface area contributed by atoms with Crippen molar-refractivity contribution in [3.8, 4) is 5.75 Å². The number of fused-ring (bicyclic) bond motifs is 5. The summed E-state index contributed by atoms with van der Waals surface area (Å²) in [7, 11) is 0. The molecule has 2 aliphatic heterocycles. The van der Waals surface area contributed by atoms with E-state index in [0.717, 1.165) is 23.8 Å². The molecule has 4 unspecified atom stereocenters. The molecular formula is C18H25N3O. The van der Waals surface area contributed by atoms with E-state index in [1.807, 2.05) is 0 Å². The molecule has 0 radical (unpaired) electrons. The van der Waals surface area contributed by atoms with E-state index in [-0.39, 0.29) is 6.10 Å². The molecule has 3 heterocycles. The standard InChI is InChI=1S/C18H25N3O/c1-8-7-21-16-14-10(3)9(2)13(6)22-17(14)12(5)11(4)15(16)20-18(21)19-8/h8-10,13H,7H2,1-6H3,(H,19,20). The Morgan fingerprint density at radius 1 is 1.14 bits per heavy atom. The molecule has 1 aromatic heterocycles. The Kier molecular flexibility index (Phi) is 2.78. The van der Waals surface area contributed by atoms with E-state index >= 15 is 0 Å². The third-order valence-electron chi connectivity index (χ3n) is 5.85. The minimum atomic E-state index is 0.260. The molecule has 4 heteroatoms. The molecule has 0 spiro atoms. The van der Waals surface area contributed by atoms with Crippen molar-refractivity contribution in [2.24, 2.45) is 5.92 Å². The number of nitrogens with one attached hydrogen (secondary N) is 1. The molecule has 1 aromatic carbocycles. The van der Waals surface area contributed by atoms with Gasteiger partial charge in [0.1, 0.15) is 5.75 Å². The first-order chi connectivity index (χ1) is 10.4. The van der Waals surface area contributed by atoms with Gasteiger partial charge in [-0.25, -0.2) is 4.98 Å². The first-order valence-electron chi connectivity index (χ1n) is 8.36. The van der Waals surface area contributed by atoms with E-state index in [9.17, 15) is 0 Å². The molecule has 0 saturated carbocycles. The predicted octanol–water partition coefficient (Wildman–Crippen LogP) is 3.99. The highest BCUT2D eigenvalue weighted by atomic mass is 16.5. The van der Waals surface area contributed by atoms with E-state index in [4.69, 9.17) is 9.72 Å². The van der Waals surface area contributed by atoms with Crippen molar-refractivity contribution in [2.45, 2.75) is 66.2 Å². The van der Waals surface area contributed by atoms with Gasteiger partial charge in [-0.05, 0) is 50.7 Å². The summed E-state index contributed by atoms with van der Waals surface area (Å²) in [6.45, 7) is 14.3. The van der Waals surface area contributed by atoms with Crippen molar-refractivity contribution in [3.63, 3.8) is 0 Å². The lowest BCUT2D eigenvalue weighted by Crippen LogP contribution is -2.31. The first-order valence-corrected chi connectivity index (χ1v) is 8.36. The van der Waals surface area contributed by atoms with Gasteiger partial charge in [0.2, 0.25) is 5.95 Å². The summed E-state index contributed by atoms with van der Waals surface area (Å²) < 4.78 is 8.68. The average Bonchev–Trinajstić information content (AvgIpc) is 2.98. The topological polar surface area (TPSA) is 39.1 Å². The van der Waals surface area contributed by atoms with E-state index < -0.39 is 0 Å². The number of nitrogens with zero attached hydrogens (tertiary/aromatic N) is 2. The summed E-state index contributed by atoms with van der Waals surface area (Å²) in [4.78, 5) is 4.89. The van der Waals surface area contributed by atoms with Gasteiger partial charge < -0.3 is 14.6 Å². The van der Waals surface area contributed by atoms with Crippen LogP contribution in [-0.2, 0) is 6.54 Å². The van der Waals surface area contributed by atoms with Gasteiger partial charge in [-0.3, -0.25) is 0 Å². The third kappa shape index (κ3) is 1.61. The maximum absolute atomic E-state index is 6.33. The van der Waals surface area contributed by atoms with Gasteiger partial charge in [0.25, 0.3) is 0 Å². The van der Waals surface area contributed by atoms with Crippen LogP contribution < -0.4 is 10.1 Å². The Labute approximate surface area is 131 Å². The number of anilines is 1. The Morgan fingerprint density at radius 2 is 1.86 bits per heavy atom. The lowest BCUT2D eigenvalue weighted by molar-refractivity contribution is 0.122. The number of aromatic nitrogens is 2. The Balaban J connectivity index is 2.09. The van der Waals surface area contributed by atoms with Crippen LogP contribution in [0.5, 0.6) is 5.75 Å². The van der Waals surface area contributed by atoms with Crippen LogP contribution in [0.4, 0.5) is 5.95 Å². The van der Waals surface area contributed by atoms with Crippen LogP contribution in [0.1, 0.15) is 50.3 Å². The molecule has 0 fully saturated rings. The molecular weight excluding hydrogens is 274 g/mol. The zero-order chi connectivity index (χ0) is 15.8. The third-order valence-corrected chi connectivity index (χ3v) is 5.85. The quantitative estimate of drug-likeness (QED) is 0.799. The van der Waals surface area contributed by atoms with E-state index in [2.05, 4.69) is 51.4 Å². The van der Waals surface area contributed by atoms with Crippen LogP contribution in [0.15, 0.2) is 0 Å². The average molecular weight is 299 g/mol. The van der Waals surface area contributed by atoms with Crippen LogP contribution >= 0.6 is 0 Å². The molecule has 0 aliphatic carbocycles. The van der Waals surface area contributed by atoms with Crippen molar-refractivity contribution >= 4 is 17.0 Å². The van der Waals surface area contributed by atoms with Gasteiger partial charge in [-0.15, -0.1) is 0 Å². The molecule has 2 aliphatic rings. The number of rotatable bonds is 0. The second-order valence-electron chi connectivity index (χ2n) is 7.25. The van der Waals surface area contributed by atoms with Gasteiger partial charge >= 0.3 is 0 Å². The van der Waals surface area contributed by atoms with Gasteiger partial charge in [0.15, 0.2) is 0 Å². The minimum absolute atomic E-state index is 0.260. The van der Waals surface area contributed by atoms with E-state index in [1.54, 1.807) is 0 Å². The lowest BCUT2D eigenvalue weighted by Gasteiger charge is -2.36. The maximum atomic E-state index is 6.33. The minimum Gasteiger partial charge on any atom is -0.490 e. The monoisotopic (exact) mass is 299 g/mol. The fourth-order valence-corrected chi connectivity index (χ4v) is 4.01. The van der Waals surface area contributed by atoms with Crippen molar-refractivity contribution in [1.29, 1.82) is 0 Å². The molecule has 0 amide bonds. The maximum Gasteiger partial charge on any atom is 0.204 e. The molecule has 0 bridgehead atoms. The van der Waals surface area contributed by atoms with Gasteiger partial charge in [0.05, 0.1) is 17.1 Å². The van der Waals surface area contributed by atoms with Gasteiger partial charge in [-0.1, -0.05) is 13.8 Å². The molecule has 4 atom stereocenters. The SMILES string of the molecule is Cc1c2c(c3c(nc4n3CC(C)N4)c1C)C(C)C(C)C(C)O2. The zero-order valence-corrected chi connectivity index (χ0v) is 14.3. The molecule has 2 aromatic rings. The van der Waals surface area contributed by atoms with Crippen molar-refractivity contribution in [1.82, 2.24) is 9.55 Å². The van der Waals surface area contributed by atoms with Crippen LogP contribution in [0.2, 0.25) is 0 Å². The number of aryl methyl sites for hydroxylation is 1. The second-order valence-corrected chi connectivity index (χ2v) is 7.25. The largest absolute Gasteiger partial charge is 0.490 e. The van der Waals surface area contributed by atoms with Crippen LogP contribution in [0.3, 0.4) is 0 Å². The zero-order valence-electron chi connectivity index (χ0n) is 14.3. The summed E-state index contributed by atoms with van der Waals surface area (Å²) in [6.07, 6.45) is 0.260. The van der Waals surface area contributed by atoms with Crippen molar-refractivity contribution < 1.29 is 4.74 Å². The predicted molar refractivity (Wildman–Crippen MR) is 90.0 cm³/mol. The molecule has 22 heavy (non-hydrogen) atoms. The number of imidazole rings is 1. The summed E-state index contributed by atoms with van der Waals surface area (Å²) in [5, 5.41) is 3.49. The second kappa shape index (κ2) is 4.40. The summed E-state index contributed by atoms with van der Waals surface area (Å²) in [5.41, 5.74) is 6.29. The summed E-state index contributed by atoms with van der Waals surface area (Å²) in [5.74, 6) is 3.11. The smallest absolute Gasteiger partial charge is 0.204 e. The van der Waals surface area contributed by atoms with E-state index in [1.165, 1.54) is 22.2 Å². The molecule has 4 rings (SSSR count). The lowest BCUT2D eigenvalue weighted by atomic mass is 9.80. The fraction of sp³-hybridized carbons (Fsp3) is 0.611. The number of hydrogen-bond donors (Lipinski definition) is 1. The van der Waals surface area contributed by atoms with Gasteiger partial charge in [0, 0.05) is 18.2 Å². The highest BCUT2D eigenvalue weighted by Gasteiger charge is 2.36. The van der Waals surface area contributed by atoms with E-state index in [0.29, 0.717) is 17.9 Å². The normalized spacial score (nSPS) is 29.9. The van der Waals surface area contributed by atoms with Crippen molar-refractivity contribution in [2.75, 3.05) is 5.32 Å². The fourth-order valence-electron chi connectivity index (χ4n) is 4.01. The molecule has 4 nitrogen and oxygen atoms in total. The summed E-state index contributed by atoms with van der Waals surface area (Å²) >= 11 is 0. The van der Waals surface area contributed by atoms with Gasteiger partial charge in [-0.2, -0.15) is 0 Å².